The first-order chi connectivity index (χ1) is 7.18. The largest absolute Gasteiger partial charge is 0.389 e. The van der Waals surface area contributed by atoms with Crippen LogP contribution in [-0.4, -0.2) is 39.9 Å². The fourth-order valence-corrected chi connectivity index (χ4v) is 2.08. The van der Waals surface area contributed by atoms with Gasteiger partial charge in [0.15, 0.2) is 0 Å². The zero-order chi connectivity index (χ0) is 10.8. The van der Waals surface area contributed by atoms with E-state index in [1.54, 1.807) is 0 Å². The molecule has 1 aromatic rings. The van der Waals surface area contributed by atoms with Gasteiger partial charge in [-0.3, -0.25) is 4.90 Å². The van der Waals surface area contributed by atoms with Gasteiger partial charge in [0.2, 0.25) is 0 Å². The second-order valence-electron chi connectivity index (χ2n) is 4.21. The monoisotopic (exact) mass is 207 g/mol. The number of nitrogens with zero attached hydrogens (tertiary/aromatic N) is 1. The molecule has 1 aliphatic rings. The summed E-state index contributed by atoms with van der Waals surface area (Å²) >= 11 is 0. The van der Waals surface area contributed by atoms with Crippen molar-refractivity contribution in [2.45, 2.75) is 31.7 Å². The molecule has 15 heavy (non-hydrogen) atoms. The third-order valence-corrected chi connectivity index (χ3v) is 3.11. The molecule has 0 spiro atoms. The molecule has 0 radical (unpaired) electrons. The number of benzene rings is 1. The van der Waals surface area contributed by atoms with Crippen LogP contribution in [0.5, 0.6) is 0 Å². The van der Waals surface area contributed by atoms with Gasteiger partial charge in [-0.15, -0.1) is 0 Å². The molecule has 3 unspecified atom stereocenters. The maximum absolute atomic E-state index is 9.62. The van der Waals surface area contributed by atoms with Crippen LogP contribution in [0, 0.1) is 0 Å². The quantitative estimate of drug-likeness (QED) is 0.747. The smallest absolute Gasteiger partial charge is 0.0963 e. The molecule has 82 valence electrons. The molecule has 3 atom stereocenters. The van der Waals surface area contributed by atoms with E-state index >= 15 is 0 Å². The van der Waals surface area contributed by atoms with Crippen molar-refractivity contribution in [3.05, 3.63) is 35.9 Å². The molecule has 0 amide bonds. The van der Waals surface area contributed by atoms with Crippen LogP contribution in [0.2, 0.25) is 0 Å². The van der Waals surface area contributed by atoms with Gasteiger partial charge in [-0.25, -0.2) is 0 Å². The molecule has 3 nitrogen and oxygen atoms in total. The Kier molecular flexibility index (Phi) is 3.05. The Balaban J connectivity index is 2.02. The summed E-state index contributed by atoms with van der Waals surface area (Å²) in [5, 5.41) is 19.1. The van der Waals surface area contributed by atoms with Crippen LogP contribution < -0.4 is 0 Å². The third-order valence-electron chi connectivity index (χ3n) is 3.11. The maximum atomic E-state index is 9.62. The van der Waals surface area contributed by atoms with Gasteiger partial charge >= 0.3 is 0 Å². The topological polar surface area (TPSA) is 43.7 Å². The Morgan fingerprint density at radius 3 is 2.47 bits per heavy atom. The van der Waals surface area contributed by atoms with Crippen molar-refractivity contribution < 1.29 is 10.2 Å². The Morgan fingerprint density at radius 2 is 1.93 bits per heavy atom. The van der Waals surface area contributed by atoms with Crippen molar-refractivity contribution >= 4 is 0 Å². The first-order valence-electron chi connectivity index (χ1n) is 5.32. The summed E-state index contributed by atoms with van der Waals surface area (Å²) in [5.74, 6) is 0. The van der Waals surface area contributed by atoms with E-state index in [1.807, 2.05) is 25.1 Å². The van der Waals surface area contributed by atoms with Gasteiger partial charge in [0, 0.05) is 19.1 Å². The van der Waals surface area contributed by atoms with Crippen LogP contribution in [0.1, 0.15) is 12.5 Å². The number of rotatable bonds is 2. The van der Waals surface area contributed by atoms with Gasteiger partial charge < -0.3 is 10.2 Å². The zero-order valence-corrected chi connectivity index (χ0v) is 8.87. The van der Waals surface area contributed by atoms with Crippen LogP contribution in [0.3, 0.4) is 0 Å². The summed E-state index contributed by atoms with van der Waals surface area (Å²) in [4.78, 5) is 2.10. The minimum Gasteiger partial charge on any atom is -0.389 e. The summed E-state index contributed by atoms with van der Waals surface area (Å²) in [6.45, 7) is 3.29. The molecular weight excluding hydrogens is 190 g/mol. The molecule has 0 aliphatic carbocycles. The van der Waals surface area contributed by atoms with E-state index < -0.39 is 12.2 Å². The second-order valence-corrected chi connectivity index (χ2v) is 4.21. The van der Waals surface area contributed by atoms with Crippen LogP contribution in [0.25, 0.3) is 0 Å². The van der Waals surface area contributed by atoms with Gasteiger partial charge in [-0.2, -0.15) is 0 Å². The minimum atomic E-state index is -0.617. The van der Waals surface area contributed by atoms with E-state index in [0.29, 0.717) is 6.54 Å². The molecule has 1 aromatic carbocycles. The summed E-state index contributed by atoms with van der Waals surface area (Å²) < 4.78 is 0. The van der Waals surface area contributed by atoms with Crippen LogP contribution in [-0.2, 0) is 6.54 Å². The highest BCUT2D eigenvalue weighted by atomic mass is 16.3. The van der Waals surface area contributed by atoms with Crippen molar-refractivity contribution in [3.63, 3.8) is 0 Å². The van der Waals surface area contributed by atoms with Gasteiger partial charge in [0.25, 0.3) is 0 Å². The van der Waals surface area contributed by atoms with E-state index in [-0.39, 0.29) is 6.04 Å². The maximum Gasteiger partial charge on any atom is 0.0963 e. The summed E-state index contributed by atoms with van der Waals surface area (Å²) in [6, 6.07) is 10.1. The Labute approximate surface area is 90.0 Å². The minimum absolute atomic E-state index is 0.0280. The molecule has 1 heterocycles. The lowest BCUT2D eigenvalue weighted by molar-refractivity contribution is 0.0413. The van der Waals surface area contributed by atoms with Crippen molar-refractivity contribution in [2.24, 2.45) is 0 Å². The average Bonchev–Trinajstić information content (AvgIpc) is 2.48. The summed E-state index contributed by atoms with van der Waals surface area (Å²) in [7, 11) is 0. The normalized spacial score (nSPS) is 32.1. The lowest BCUT2D eigenvalue weighted by Crippen LogP contribution is -2.32. The molecular formula is C12H17NO2. The highest BCUT2D eigenvalue weighted by molar-refractivity contribution is 5.15. The van der Waals surface area contributed by atoms with Gasteiger partial charge in [0.1, 0.15) is 0 Å². The summed E-state index contributed by atoms with van der Waals surface area (Å²) in [6.07, 6.45) is -1.22. The van der Waals surface area contributed by atoms with Crippen molar-refractivity contribution in [3.8, 4) is 0 Å². The Bertz CT molecular complexity index is 315. The van der Waals surface area contributed by atoms with Gasteiger partial charge in [-0.05, 0) is 12.5 Å². The fraction of sp³-hybridized carbons (Fsp3) is 0.500. The number of aliphatic hydroxyl groups is 2. The summed E-state index contributed by atoms with van der Waals surface area (Å²) in [5.41, 5.74) is 1.21. The first kappa shape index (κ1) is 10.6. The van der Waals surface area contributed by atoms with Crippen LogP contribution in [0.15, 0.2) is 30.3 Å². The molecule has 0 bridgehead atoms. The molecule has 1 aliphatic heterocycles. The lowest BCUT2D eigenvalue weighted by Gasteiger charge is -2.21. The molecule has 2 rings (SSSR count). The van der Waals surface area contributed by atoms with E-state index in [0.717, 1.165) is 6.54 Å². The van der Waals surface area contributed by atoms with Crippen molar-refractivity contribution in [2.75, 3.05) is 6.54 Å². The molecule has 0 saturated carbocycles. The SMILES string of the molecule is CC1C(O)C(O)CN1Cc1ccccc1. The zero-order valence-electron chi connectivity index (χ0n) is 8.87. The Hall–Kier alpha value is -0.900. The number of likely N-dealkylation sites (tertiary alicyclic amines) is 1. The molecule has 1 saturated heterocycles. The second kappa shape index (κ2) is 4.31. The molecule has 1 fully saturated rings. The van der Waals surface area contributed by atoms with Crippen molar-refractivity contribution in [1.29, 1.82) is 0 Å². The number of hydrogen-bond acceptors (Lipinski definition) is 3. The number of hydrogen-bond donors (Lipinski definition) is 2. The van der Waals surface area contributed by atoms with Crippen molar-refractivity contribution in [1.82, 2.24) is 4.90 Å². The highest BCUT2D eigenvalue weighted by Gasteiger charge is 2.36. The first-order valence-corrected chi connectivity index (χ1v) is 5.32. The predicted octanol–water partition coefficient (Wildman–Crippen LogP) is 0.612. The highest BCUT2D eigenvalue weighted by Crippen LogP contribution is 2.20. The predicted molar refractivity (Wildman–Crippen MR) is 58.3 cm³/mol. The van der Waals surface area contributed by atoms with E-state index in [4.69, 9.17) is 0 Å². The lowest BCUT2D eigenvalue weighted by atomic mass is 10.1. The van der Waals surface area contributed by atoms with Crippen LogP contribution >= 0.6 is 0 Å². The number of aliphatic hydroxyl groups excluding tert-OH is 2. The van der Waals surface area contributed by atoms with Crippen LogP contribution in [0.4, 0.5) is 0 Å². The molecule has 3 heteroatoms. The third kappa shape index (κ3) is 2.20. The number of β-amino-alcohol motifs (C(OH)–C–C–N with tert-alkyl or cyclic N) is 1. The standard InChI is InChI=1S/C12H17NO2/c1-9-12(15)11(14)8-13(9)7-10-5-3-2-4-6-10/h2-6,9,11-12,14-15H,7-8H2,1H3. The molecule has 2 N–H and O–H groups in total. The van der Waals surface area contributed by atoms with Gasteiger partial charge in [-0.1, -0.05) is 30.3 Å². The fourth-order valence-electron chi connectivity index (χ4n) is 2.08. The van der Waals surface area contributed by atoms with E-state index in [9.17, 15) is 10.2 Å². The van der Waals surface area contributed by atoms with E-state index in [2.05, 4.69) is 17.0 Å². The Morgan fingerprint density at radius 1 is 1.27 bits per heavy atom. The molecule has 0 aromatic heterocycles. The van der Waals surface area contributed by atoms with Gasteiger partial charge in [0.05, 0.1) is 12.2 Å². The average molecular weight is 207 g/mol. The van der Waals surface area contributed by atoms with E-state index in [1.165, 1.54) is 5.56 Å².